The number of likely N-dealkylation sites (tertiary alicyclic amines) is 1. The Hall–Kier alpha value is -0.120. The second kappa shape index (κ2) is 7.19. The molecule has 0 aromatic carbocycles. The smallest absolute Gasteiger partial charge is 0.0126 e. The third-order valence-corrected chi connectivity index (χ3v) is 5.87. The average Bonchev–Trinajstić information content (AvgIpc) is 2.44. The topological polar surface area (TPSA) is 9.72 Å². The van der Waals surface area contributed by atoms with E-state index in [2.05, 4.69) is 56.2 Å². The van der Waals surface area contributed by atoms with Crippen LogP contribution in [0.1, 0.15) is 54.4 Å². The lowest BCUT2D eigenvalue weighted by Gasteiger charge is -2.43. The number of nitrogens with zero attached hydrogens (tertiary/aromatic N) is 3. The number of rotatable bonds is 3. The molecule has 0 N–H and O–H groups in total. The van der Waals surface area contributed by atoms with Gasteiger partial charge in [-0.2, -0.15) is 0 Å². The zero-order valence-corrected chi connectivity index (χ0v) is 16.0. The fourth-order valence-electron chi connectivity index (χ4n) is 3.95. The first-order valence-electron chi connectivity index (χ1n) is 9.36. The molecule has 0 bridgehead atoms. The van der Waals surface area contributed by atoms with Crippen molar-refractivity contribution in [2.45, 2.75) is 59.9 Å². The van der Waals surface area contributed by atoms with Gasteiger partial charge in [0.1, 0.15) is 0 Å². The largest absolute Gasteiger partial charge is 0.302 e. The van der Waals surface area contributed by atoms with Crippen LogP contribution in [-0.4, -0.2) is 72.6 Å². The summed E-state index contributed by atoms with van der Waals surface area (Å²) >= 11 is 0. The van der Waals surface area contributed by atoms with Crippen LogP contribution in [0, 0.1) is 11.3 Å². The number of hydrogen-bond acceptors (Lipinski definition) is 3. The van der Waals surface area contributed by atoms with Gasteiger partial charge in [-0.3, -0.25) is 9.80 Å². The van der Waals surface area contributed by atoms with Crippen LogP contribution in [0.2, 0.25) is 0 Å². The Bertz CT molecular complexity index is 290. The van der Waals surface area contributed by atoms with E-state index in [1.54, 1.807) is 0 Å². The Morgan fingerprint density at radius 2 is 1.14 bits per heavy atom. The highest BCUT2D eigenvalue weighted by Crippen LogP contribution is 2.34. The molecule has 130 valence electrons. The van der Waals surface area contributed by atoms with E-state index in [4.69, 9.17) is 0 Å². The van der Waals surface area contributed by atoms with Crippen LogP contribution >= 0.6 is 0 Å². The first-order valence-corrected chi connectivity index (χ1v) is 9.36. The van der Waals surface area contributed by atoms with E-state index in [9.17, 15) is 0 Å². The lowest BCUT2D eigenvalue weighted by Crippen LogP contribution is -2.54. The van der Waals surface area contributed by atoms with E-state index in [1.807, 2.05) is 0 Å². The zero-order valence-electron chi connectivity index (χ0n) is 16.0. The molecule has 2 saturated heterocycles. The molecule has 0 saturated carbocycles. The molecule has 0 radical (unpaired) electrons. The van der Waals surface area contributed by atoms with Gasteiger partial charge < -0.3 is 4.90 Å². The van der Waals surface area contributed by atoms with E-state index in [1.165, 1.54) is 65.2 Å². The number of piperazine rings is 1. The molecule has 0 atom stereocenters. The van der Waals surface area contributed by atoms with Gasteiger partial charge in [0.15, 0.2) is 0 Å². The van der Waals surface area contributed by atoms with Crippen molar-refractivity contribution in [3.05, 3.63) is 0 Å². The molecule has 22 heavy (non-hydrogen) atoms. The highest BCUT2D eigenvalue weighted by Gasteiger charge is 2.29. The van der Waals surface area contributed by atoms with Crippen molar-refractivity contribution < 1.29 is 0 Å². The summed E-state index contributed by atoms with van der Waals surface area (Å²) in [6.07, 6.45) is 2.78. The molecule has 0 spiro atoms. The van der Waals surface area contributed by atoms with E-state index in [0.717, 1.165) is 5.92 Å². The molecule has 0 aromatic rings. The quantitative estimate of drug-likeness (QED) is 0.793. The van der Waals surface area contributed by atoms with Crippen molar-refractivity contribution in [1.29, 1.82) is 0 Å². The van der Waals surface area contributed by atoms with Gasteiger partial charge in [0.2, 0.25) is 0 Å². The van der Waals surface area contributed by atoms with Crippen LogP contribution in [0.5, 0.6) is 0 Å². The van der Waals surface area contributed by atoms with Crippen LogP contribution in [0.4, 0.5) is 0 Å². The van der Waals surface area contributed by atoms with E-state index in [-0.39, 0.29) is 0 Å². The summed E-state index contributed by atoms with van der Waals surface area (Å²) in [6, 6.07) is 0. The van der Waals surface area contributed by atoms with E-state index >= 15 is 0 Å². The second-order valence-electron chi connectivity index (χ2n) is 9.48. The first-order chi connectivity index (χ1) is 10.2. The van der Waals surface area contributed by atoms with E-state index in [0.29, 0.717) is 11.0 Å². The van der Waals surface area contributed by atoms with Gasteiger partial charge >= 0.3 is 0 Å². The van der Waals surface area contributed by atoms with Crippen molar-refractivity contribution in [3.8, 4) is 0 Å². The van der Waals surface area contributed by atoms with E-state index < -0.39 is 0 Å². The van der Waals surface area contributed by atoms with Gasteiger partial charge in [0, 0.05) is 44.8 Å². The molecule has 2 fully saturated rings. The molecule has 3 heteroatoms. The minimum Gasteiger partial charge on any atom is -0.302 e. The molecule has 3 nitrogen and oxygen atoms in total. The normalized spacial score (nSPS) is 24.8. The Kier molecular flexibility index (Phi) is 5.95. The Morgan fingerprint density at radius 1 is 0.682 bits per heavy atom. The van der Waals surface area contributed by atoms with Crippen LogP contribution in [0.15, 0.2) is 0 Å². The zero-order chi connectivity index (χ0) is 16.4. The van der Waals surface area contributed by atoms with Crippen LogP contribution in [0.25, 0.3) is 0 Å². The summed E-state index contributed by atoms with van der Waals surface area (Å²) in [6.45, 7) is 24.3. The van der Waals surface area contributed by atoms with Crippen LogP contribution in [0.3, 0.4) is 0 Å². The van der Waals surface area contributed by atoms with Gasteiger partial charge in [0.05, 0.1) is 0 Å². The van der Waals surface area contributed by atoms with Crippen molar-refractivity contribution >= 4 is 0 Å². The monoisotopic (exact) mass is 309 g/mol. The summed E-state index contributed by atoms with van der Waals surface area (Å²) in [5.74, 6) is 0.916. The average molecular weight is 310 g/mol. The summed E-state index contributed by atoms with van der Waals surface area (Å²) < 4.78 is 0. The SMILES string of the molecule is CC(C)(C)C1CCN(CCN2CCN(C(C)(C)C)CC2)CC1. The van der Waals surface area contributed by atoms with Gasteiger partial charge in [-0.1, -0.05) is 20.8 Å². The summed E-state index contributed by atoms with van der Waals surface area (Å²) in [5.41, 5.74) is 0.830. The van der Waals surface area contributed by atoms with Crippen molar-refractivity contribution in [2.24, 2.45) is 11.3 Å². The molecule has 2 aliphatic heterocycles. The highest BCUT2D eigenvalue weighted by atomic mass is 15.3. The fourth-order valence-corrected chi connectivity index (χ4v) is 3.95. The molecular formula is C19H39N3. The minimum atomic E-state index is 0.334. The highest BCUT2D eigenvalue weighted by molar-refractivity contribution is 4.84. The Balaban J connectivity index is 1.64. The van der Waals surface area contributed by atoms with Crippen molar-refractivity contribution in [3.63, 3.8) is 0 Å². The van der Waals surface area contributed by atoms with Gasteiger partial charge in [-0.05, 0) is 58.0 Å². The molecule has 2 heterocycles. The molecule has 2 rings (SSSR count). The lowest BCUT2D eigenvalue weighted by molar-refractivity contribution is 0.0512. The predicted molar refractivity (Wildman–Crippen MR) is 96.4 cm³/mol. The standard InChI is InChI=1S/C19H39N3/c1-18(2,3)17-7-9-20(10-8-17)11-12-21-13-15-22(16-14-21)19(4,5)6/h17H,7-16H2,1-6H3. The third kappa shape index (κ3) is 5.21. The minimum absolute atomic E-state index is 0.334. The molecule has 0 amide bonds. The van der Waals surface area contributed by atoms with Crippen LogP contribution < -0.4 is 0 Å². The number of hydrogen-bond donors (Lipinski definition) is 0. The first kappa shape index (κ1) is 18.2. The third-order valence-electron chi connectivity index (χ3n) is 5.87. The maximum absolute atomic E-state index is 2.69. The Morgan fingerprint density at radius 3 is 1.55 bits per heavy atom. The molecule has 0 unspecified atom stereocenters. The molecule has 2 aliphatic rings. The second-order valence-corrected chi connectivity index (χ2v) is 9.48. The summed E-state index contributed by atoms with van der Waals surface area (Å²) in [4.78, 5) is 7.98. The van der Waals surface area contributed by atoms with Crippen LogP contribution in [-0.2, 0) is 0 Å². The molecule has 0 aromatic heterocycles. The van der Waals surface area contributed by atoms with Gasteiger partial charge in [-0.15, -0.1) is 0 Å². The van der Waals surface area contributed by atoms with Gasteiger partial charge in [0.25, 0.3) is 0 Å². The molecular weight excluding hydrogens is 270 g/mol. The van der Waals surface area contributed by atoms with Gasteiger partial charge in [-0.25, -0.2) is 0 Å². The summed E-state index contributed by atoms with van der Waals surface area (Å²) in [7, 11) is 0. The van der Waals surface area contributed by atoms with Crippen molar-refractivity contribution in [1.82, 2.24) is 14.7 Å². The lowest BCUT2D eigenvalue weighted by atomic mass is 9.75. The predicted octanol–water partition coefficient (Wildman–Crippen LogP) is 3.16. The fraction of sp³-hybridized carbons (Fsp3) is 1.00. The maximum atomic E-state index is 2.69. The molecule has 0 aliphatic carbocycles. The maximum Gasteiger partial charge on any atom is 0.0126 e. The summed E-state index contributed by atoms with van der Waals surface area (Å²) in [5, 5.41) is 0. The van der Waals surface area contributed by atoms with Crippen molar-refractivity contribution in [2.75, 3.05) is 52.4 Å². The number of piperidine rings is 1. The Labute approximate surface area is 139 Å².